The average Bonchev–Trinajstić information content (AvgIpc) is 3.35. The molecule has 7 heteroatoms. The Morgan fingerprint density at radius 2 is 2.05 bits per heavy atom. The largest absolute Gasteiger partial charge is 0.379 e. The van der Waals surface area contributed by atoms with E-state index in [4.69, 9.17) is 4.74 Å². The van der Waals surface area contributed by atoms with Gasteiger partial charge in [-0.3, -0.25) is 0 Å². The minimum absolute atomic E-state index is 0.247. The minimum Gasteiger partial charge on any atom is -0.379 e. The molecule has 2 aliphatic rings. The summed E-state index contributed by atoms with van der Waals surface area (Å²) in [6.07, 6.45) is 5.14. The summed E-state index contributed by atoms with van der Waals surface area (Å²) in [7, 11) is -3.45. The summed E-state index contributed by atoms with van der Waals surface area (Å²) in [5.74, 6) is 0.737. The molecule has 0 spiro atoms. The molecule has 22 heavy (non-hydrogen) atoms. The highest BCUT2D eigenvalue weighted by atomic mass is 32.2. The summed E-state index contributed by atoms with van der Waals surface area (Å²) in [4.78, 5) is 4.50. The lowest BCUT2D eigenvalue weighted by atomic mass is 10.0. The number of sulfonamides is 1. The standard InChI is InChI=1S/C15H23N3O3S/c1-2-15(5-6-15)12-17-14-4-3-13(11-16-14)22(19,20)18-7-9-21-10-8-18/h3-4,11H,2,5-10,12H2,1H3,(H,16,17). The second-order valence-electron chi connectivity index (χ2n) is 6.10. The van der Waals surface area contributed by atoms with Crippen molar-refractivity contribution in [3.05, 3.63) is 18.3 Å². The second kappa shape index (κ2) is 6.14. The van der Waals surface area contributed by atoms with Crippen molar-refractivity contribution in [1.82, 2.24) is 9.29 Å². The molecule has 3 rings (SSSR count). The van der Waals surface area contributed by atoms with Gasteiger partial charge in [0.05, 0.1) is 13.2 Å². The normalized spacial score (nSPS) is 21.5. The van der Waals surface area contributed by atoms with Gasteiger partial charge < -0.3 is 10.1 Å². The van der Waals surface area contributed by atoms with Gasteiger partial charge in [0.25, 0.3) is 0 Å². The van der Waals surface area contributed by atoms with Crippen LogP contribution in [0.5, 0.6) is 0 Å². The van der Waals surface area contributed by atoms with Crippen molar-refractivity contribution >= 4 is 15.8 Å². The maximum atomic E-state index is 12.5. The zero-order valence-electron chi connectivity index (χ0n) is 12.9. The number of aromatic nitrogens is 1. The van der Waals surface area contributed by atoms with E-state index in [0.717, 1.165) is 12.4 Å². The van der Waals surface area contributed by atoms with Crippen LogP contribution in [0.15, 0.2) is 23.2 Å². The van der Waals surface area contributed by atoms with Crippen LogP contribution in [-0.2, 0) is 14.8 Å². The Hall–Kier alpha value is -1.18. The third-order valence-electron chi connectivity index (χ3n) is 4.70. The van der Waals surface area contributed by atoms with Crippen molar-refractivity contribution < 1.29 is 13.2 Å². The number of ether oxygens (including phenoxy) is 1. The van der Waals surface area contributed by atoms with E-state index in [0.29, 0.717) is 31.7 Å². The third kappa shape index (κ3) is 3.26. The van der Waals surface area contributed by atoms with Crippen LogP contribution in [-0.4, -0.2) is 50.6 Å². The first-order valence-corrected chi connectivity index (χ1v) is 9.28. The SMILES string of the molecule is CCC1(CNc2ccc(S(=O)(=O)N3CCOCC3)cn2)CC1. The summed E-state index contributed by atoms with van der Waals surface area (Å²) in [6.45, 7) is 4.83. The molecule has 1 aromatic heterocycles. The Bertz CT molecular complexity index is 605. The molecule has 6 nitrogen and oxygen atoms in total. The first kappa shape index (κ1) is 15.7. The number of morpholine rings is 1. The first-order chi connectivity index (χ1) is 10.6. The van der Waals surface area contributed by atoms with Crippen molar-refractivity contribution in [3.63, 3.8) is 0 Å². The summed E-state index contributed by atoms with van der Waals surface area (Å²) in [5.41, 5.74) is 0.431. The summed E-state index contributed by atoms with van der Waals surface area (Å²) in [6, 6.07) is 3.38. The Balaban J connectivity index is 1.65. The number of hydrogen-bond donors (Lipinski definition) is 1. The molecule has 0 unspecified atom stereocenters. The van der Waals surface area contributed by atoms with E-state index in [2.05, 4.69) is 17.2 Å². The van der Waals surface area contributed by atoms with E-state index >= 15 is 0 Å². The Kier molecular flexibility index (Phi) is 4.38. The molecule has 0 aromatic carbocycles. The van der Waals surface area contributed by atoms with Crippen LogP contribution in [0.25, 0.3) is 0 Å². The van der Waals surface area contributed by atoms with E-state index in [1.807, 2.05) is 0 Å². The van der Waals surface area contributed by atoms with Crippen molar-refractivity contribution in [3.8, 4) is 0 Å². The molecule has 1 aromatic rings. The molecule has 1 saturated carbocycles. The van der Waals surface area contributed by atoms with Gasteiger partial charge in [-0.2, -0.15) is 4.31 Å². The summed E-state index contributed by atoms with van der Waals surface area (Å²) >= 11 is 0. The highest BCUT2D eigenvalue weighted by Crippen LogP contribution is 2.48. The summed E-state index contributed by atoms with van der Waals surface area (Å²) in [5, 5.41) is 3.32. The van der Waals surface area contributed by atoms with Gasteiger partial charge in [0.2, 0.25) is 10.0 Å². The van der Waals surface area contributed by atoms with Crippen molar-refractivity contribution in [2.24, 2.45) is 5.41 Å². The molecule has 1 aliphatic carbocycles. The van der Waals surface area contributed by atoms with Crippen LogP contribution in [0.2, 0.25) is 0 Å². The van der Waals surface area contributed by atoms with Crippen LogP contribution >= 0.6 is 0 Å². The predicted molar refractivity (Wildman–Crippen MR) is 84.3 cm³/mol. The molecule has 0 bridgehead atoms. The molecule has 0 radical (unpaired) electrons. The van der Waals surface area contributed by atoms with E-state index in [1.54, 1.807) is 12.1 Å². The lowest BCUT2D eigenvalue weighted by molar-refractivity contribution is 0.0730. The fraction of sp³-hybridized carbons (Fsp3) is 0.667. The number of pyridine rings is 1. The maximum absolute atomic E-state index is 12.5. The zero-order valence-corrected chi connectivity index (χ0v) is 13.7. The van der Waals surface area contributed by atoms with Crippen LogP contribution in [0.1, 0.15) is 26.2 Å². The van der Waals surface area contributed by atoms with Crippen LogP contribution < -0.4 is 5.32 Å². The third-order valence-corrected chi connectivity index (χ3v) is 6.58. The van der Waals surface area contributed by atoms with Crippen molar-refractivity contribution in [1.29, 1.82) is 0 Å². The molecule has 0 atom stereocenters. The lowest BCUT2D eigenvalue weighted by Crippen LogP contribution is -2.40. The number of hydrogen-bond acceptors (Lipinski definition) is 5. The highest BCUT2D eigenvalue weighted by Gasteiger charge is 2.40. The molecule has 2 heterocycles. The predicted octanol–water partition coefficient (Wildman–Crippen LogP) is 1.70. The second-order valence-corrected chi connectivity index (χ2v) is 8.04. The molecular weight excluding hydrogens is 302 g/mol. The Labute approximate surface area is 131 Å². The van der Waals surface area contributed by atoms with Crippen molar-refractivity contribution in [2.45, 2.75) is 31.1 Å². The van der Waals surface area contributed by atoms with Crippen LogP contribution in [0.3, 0.4) is 0 Å². The van der Waals surface area contributed by atoms with Gasteiger partial charge in [0, 0.05) is 25.8 Å². The maximum Gasteiger partial charge on any atom is 0.244 e. The lowest BCUT2D eigenvalue weighted by Gasteiger charge is -2.25. The number of nitrogens with zero attached hydrogens (tertiary/aromatic N) is 2. The summed E-state index contributed by atoms with van der Waals surface area (Å²) < 4.78 is 31.6. The van der Waals surface area contributed by atoms with Crippen molar-refractivity contribution in [2.75, 3.05) is 38.2 Å². The number of rotatable bonds is 6. The van der Waals surface area contributed by atoms with E-state index in [1.165, 1.54) is 29.8 Å². The fourth-order valence-electron chi connectivity index (χ4n) is 2.68. The first-order valence-electron chi connectivity index (χ1n) is 7.84. The molecular formula is C15H23N3O3S. The molecule has 1 N–H and O–H groups in total. The average molecular weight is 325 g/mol. The van der Waals surface area contributed by atoms with Gasteiger partial charge in [-0.05, 0) is 36.8 Å². The van der Waals surface area contributed by atoms with Gasteiger partial charge in [-0.25, -0.2) is 13.4 Å². The minimum atomic E-state index is -3.45. The van der Waals surface area contributed by atoms with Gasteiger partial charge in [0.1, 0.15) is 10.7 Å². The Morgan fingerprint density at radius 1 is 1.32 bits per heavy atom. The molecule has 0 amide bonds. The van der Waals surface area contributed by atoms with E-state index in [9.17, 15) is 8.42 Å². The molecule has 2 fully saturated rings. The molecule has 1 aliphatic heterocycles. The van der Waals surface area contributed by atoms with Crippen LogP contribution in [0, 0.1) is 5.41 Å². The Morgan fingerprint density at radius 3 is 2.59 bits per heavy atom. The quantitative estimate of drug-likeness (QED) is 0.862. The number of nitrogens with one attached hydrogen (secondary N) is 1. The highest BCUT2D eigenvalue weighted by molar-refractivity contribution is 7.89. The van der Waals surface area contributed by atoms with Gasteiger partial charge >= 0.3 is 0 Å². The smallest absolute Gasteiger partial charge is 0.244 e. The monoisotopic (exact) mass is 325 g/mol. The van der Waals surface area contributed by atoms with Gasteiger partial charge in [-0.1, -0.05) is 6.92 Å². The van der Waals surface area contributed by atoms with E-state index in [-0.39, 0.29) is 4.90 Å². The van der Waals surface area contributed by atoms with Gasteiger partial charge in [-0.15, -0.1) is 0 Å². The van der Waals surface area contributed by atoms with Crippen LogP contribution in [0.4, 0.5) is 5.82 Å². The fourth-order valence-corrected chi connectivity index (χ4v) is 4.04. The molecule has 1 saturated heterocycles. The topological polar surface area (TPSA) is 71.5 Å². The zero-order chi connectivity index (χ0) is 15.6. The van der Waals surface area contributed by atoms with Gasteiger partial charge in [0.15, 0.2) is 0 Å². The van der Waals surface area contributed by atoms with E-state index < -0.39 is 10.0 Å². The number of anilines is 1. The molecule has 122 valence electrons.